The summed E-state index contributed by atoms with van der Waals surface area (Å²) in [5.74, 6) is 0. The van der Waals surface area contributed by atoms with Crippen LogP contribution in [-0.2, 0) is 0 Å². The Bertz CT molecular complexity index is 346. The highest BCUT2D eigenvalue weighted by molar-refractivity contribution is 5.54. The first kappa shape index (κ1) is 12.8. The fourth-order valence-electron chi connectivity index (χ4n) is 1.28. The fraction of sp³-hybridized carbons (Fsp3) is 0.385. The molecule has 0 aliphatic carbocycles. The molecule has 0 N–H and O–H groups in total. The van der Waals surface area contributed by atoms with Crippen LogP contribution in [0.25, 0.3) is 6.08 Å². The number of halogens is 3. The third kappa shape index (κ3) is 2.87. The van der Waals surface area contributed by atoms with Gasteiger partial charge in [-0.3, -0.25) is 0 Å². The molecule has 0 aliphatic rings. The van der Waals surface area contributed by atoms with Gasteiger partial charge >= 0.3 is 0 Å². The van der Waals surface area contributed by atoms with E-state index in [0.29, 0.717) is 0 Å². The maximum absolute atomic E-state index is 12.6. The third-order valence-electron chi connectivity index (χ3n) is 2.60. The van der Waals surface area contributed by atoms with Crippen LogP contribution in [0.1, 0.15) is 11.1 Å². The molecule has 0 heterocycles. The summed E-state index contributed by atoms with van der Waals surface area (Å²) in [7, 11) is 0. The SMILES string of the molecule is Cc1ccccc1/C=C/C(CF)(CF)CF. The number of hydrogen-bond acceptors (Lipinski definition) is 0. The van der Waals surface area contributed by atoms with Gasteiger partial charge in [-0.15, -0.1) is 0 Å². The van der Waals surface area contributed by atoms with Crippen LogP contribution in [0.15, 0.2) is 30.3 Å². The Labute approximate surface area is 93.8 Å². The van der Waals surface area contributed by atoms with Gasteiger partial charge in [0.1, 0.15) is 20.0 Å². The van der Waals surface area contributed by atoms with Crippen molar-refractivity contribution in [3.8, 4) is 0 Å². The highest BCUT2D eigenvalue weighted by Crippen LogP contribution is 2.23. The summed E-state index contributed by atoms with van der Waals surface area (Å²) < 4.78 is 37.8. The average Bonchev–Trinajstić information content (AvgIpc) is 2.34. The second-order valence-electron chi connectivity index (χ2n) is 3.95. The molecule has 0 aromatic heterocycles. The molecule has 0 nitrogen and oxygen atoms in total. The van der Waals surface area contributed by atoms with Crippen molar-refractivity contribution in [2.45, 2.75) is 6.92 Å². The Morgan fingerprint density at radius 3 is 2.12 bits per heavy atom. The maximum atomic E-state index is 12.6. The molecular weight excluding hydrogens is 213 g/mol. The van der Waals surface area contributed by atoms with E-state index < -0.39 is 25.4 Å². The van der Waals surface area contributed by atoms with Crippen LogP contribution in [0.3, 0.4) is 0 Å². The molecule has 0 fully saturated rings. The minimum Gasteiger partial charge on any atom is -0.250 e. The molecule has 88 valence electrons. The lowest BCUT2D eigenvalue weighted by atomic mass is 9.91. The van der Waals surface area contributed by atoms with Crippen LogP contribution in [-0.4, -0.2) is 20.0 Å². The number of rotatable bonds is 5. The van der Waals surface area contributed by atoms with Gasteiger partial charge in [0, 0.05) is 0 Å². The number of benzene rings is 1. The lowest BCUT2D eigenvalue weighted by molar-refractivity contribution is 0.164. The van der Waals surface area contributed by atoms with Crippen LogP contribution >= 0.6 is 0 Å². The van der Waals surface area contributed by atoms with Crippen molar-refractivity contribution >= 4 is 6.08 Å². The summed E-state index contributed by atoms with van der Waals surface area (Å²) in [6.07, 6.45) is 2.86. The summed E-state index contributed by atoms with van der Waals surface area (Å²) in [6, 6.07) is 7.42. The summed E-state index contributed by atoms with van der Waals surface area (Å²) in [6.45, 7) is -1.19. The largest absolute Gasteiger partial charge is 0.250 e. The Hall–Kier alpha value is -1.25. The Balaban J connectivity index is 2.91. The van der Waals surface area contributed by atoms with E-state index in [1.807, 2.05) is 31.2 Å². The van der Waals surface area contributed by atoms with Gasteiger partial charge in [0.05, 0.1) is 5.41 Å². The predicted octanol–water partition coefficient (Wildman–Crippen LogP) is 3.90. The molecule has 0 atom stereocenters. The van der Waals surface area contributed by atoms with Crippen LogP contribution in [0, 0.1) is 12.3 Å². The number of alkyl halides is 3. The van der Waals surface area contributed by atoms with E-state index in [2.05, 4.69) is 0 Å². The molecule has 1 aromatic rings. The van der Waals surface area contributed by atoms with Crippen molar-refractivity contribution in [2.24, 2.45) is 5.41 Å². The summed E-state index contributed by atoms with van der Waals surface area (Å²) in [5, 5.41) is 0. The Kier molecular flexibility index (Phi) is 4.59. The Morgan fingerprint density at radius 2 is 1.62 bits per heavy atom. The minimum atomic E-state index is -1.61. The van der Waals surface area contributed by atoms with Gasteiger partial charge in [-0.2, -0.15) is 0 Å². The zero-order valence-corrected chi connectivity index (χ0v) is 9.22. The van der Waals surface area contributed by atoms with E-state index in [1.165, 1.54) is 6.08 Å². The zero-order chi connectivity index (χ0) is 12.0. The first-order valence-corrected chi connectivity index (χ1v) is 5.10. The first-order chi connectivity index (χ1) is 7.67. The fourth-order valence-corrected chi connectivity index (χ4v) is 1.28. The Morgan fingerprint density at radius 1 is 1.06 bits per heavy atom. The normalized spacial score (nSPS) is 12.2. The van der Waals surface area contributed by atoms with Crippen LogP contribution in [0.2, 0.25) is 0 Å². The average molecular weight is 228 g/mol. The van der Waals surface area contributed by atoms with Crippen LogP contribution in [0.5, 0.6) is 0 Å². The van der Waals surface area contributed by atoms with Crippen molar-refractivity contribution in [1.29, 1.82) is 0 Å². The standard InChI is InChI=1S/C13H15F3/c1-11-4-2-3-5-12(11)6-7-13(8-14,9-15)10-16/h2-7H,8-10H2,1H3/b7-6+. The first-order valence-electron chi connectivity index (χ1n) is 5.10. The second-order valence-corrected chi connectivity index (χ2v) is 3.95. The summed E-state index contributed by atoms with van der Waals surface area (Å²) in [4.78, 5) is 0. The molecule has 0 radical (unpaired) electrons. The third-order valence-corrected chi connectivity index (χ3v) is 2.60. The highest BCUT2D eigenvalue weighted by Gasteiger charge is 2.27. The number of aryl methyl sites for hydroxylation is 1. The monoisotopic (exact) mass is 228 g/mol. The molecule has 16 heavy (non-hydrogen) atoms. The van der Waals surface area contributed by atoms with Gasteiger partial charge < -0.3 is 0 Å². The predicted molar refractivity (Wildman–Crippen MR) is 60.6 cm³/mol. The van der Waals surface area contributed by atoms with Gasteiger partial charge in [-0.25, -0.2) is 13.2 Å². The number of allylic oxidation sites excluding steroid dienone is 1. The van der Waals surface area contributed by atoms with Crippen molar-refractivity contribution in [3.05, 3.63) is 41.5 Å². The van der Waals surface area contributed by atoms with Crippen molar-refractivity contribution < 1.29 is 13.2 Å². The summed E-state index contributed by atoms with van der Waals surface area (Å²) >= 11 is 0. The van der Waals surface area contributed by atoms with Gasteiger partial charge in [0.25, 0.3) is 0 Å². The van der Waals surface area contributed by atoms with Gasteiger partial charge in [0.2, 0.25) is 0 Å². The molecule has 0 saturated carbocycles. The van der Waals surface area contributed by atoms with E-state index in [9.17, 15) is 13.2 Å². The smallest absolute Gasteiger partial charge is 0.104 e. The molecule has 0 saturated heterocycles. The van der Waals surface area contributed by atoms with Crippen LogP contribution < -0.4 is 0 Å². The lowest BCUT2D eigenvalue weighted by Gasteiger charge is -2.19. The minimum absolute atomic E-state index is 0.849. The zero-order valence-electron chi connectivity index (χ0n) is 9.22. The van der Waals surface area contributed by atoms with Gasteiger partial charge in [-0.05, 0) is 18.1 Å². The maximum Gasteiger partial charge on any atom is 0.104 e. The molecule has 1 aromatic carbocycles. The van der Waals surface area contributed by atoms with E-state index in [0.717, 1.165) is 11.1 Å². The van der Waals surface area contributed by atoms with Crippen molar-refractivity contribution in [3.63, 3.8) is 0 Å². The topological polar surface area (TPSA) is 0 Å². The van der Waals surface area contributed by atoms with Gasteiger partial charge in [0.15, 0.2) is 0 Å². The molecule has 0 unspecified atom stereocenters. The highest BCUT2D eigenvalue weighted by atomic mass is 19.1. The van der Waals surface area contributed by atoms with E-state index in [1.54, 1.807) is 6.08 Å². The van der Waals surface area contributed by atoms with E-state index in [-0.39, 0.29) is 0 Å². The van der Waals surface area contributed by atoms with Crippen molar-refractivity contribution in [1.82, 2.24) is 0 Å². The molecule has 0 bridgehead atoms. The summed E-state index contributed by atoms with van der Waals surface area (Å²) in [5.41, 5.74) is 0.230. The number of hydrogen-bond donors (Lipinski definition) is 0. The second kappa shape index (κ2) is 5.73. The van der Waals surface area contributed by atoms with E-state index in [4.69, 9.17) is 0 Å². The molecule has 3 heteroatoms. The lowest BCUT2D eigenvalue weighted by Crippen LogP contribution is -2.25. The molecule has 0 amide bonds. The molecule has 1 rings (SSSR count). The molecule has 0 aliphatic heterocycles. The van der Waals surface area contributed by atoms with Crippen molar-refractivity contribution in [2.75, 3.05) is 20.0 Å². The van der Waals surface area contributed by atoms with E-state index >= 15 is 0 Å². The quantitative estimate of drug-likeness (QED) is 0.717. The van der Waals surface area contributed by atoms with Gasteiger partial charge in [-0.1, -0.05) is 36.4 Å². The van der Waals surface area contributed by atoms with Crippen LogP contribution in [0.4, 0.5) is 13.2 Å². The molecule has 0 spiro atoms. The molecular formula is C13H15F3.